The quantitative estimate of drug-likeness (QED) is 0.643. The van der Waals surface area contributed by atoms with Crippen LogP contribution in [0.3, 0.4) is 0 Å². The number of nitrogens with zero attached hydrogens (tertiary/aromatic N) is 1. The number of ether oxygens (including phenoxy) is 1. The molecule has 0 aliphatic carbocycles. The van der Waals surface area contributed by atoms with Crippen LogP contribution in [-0.2, 0) is 10.1 Å². The van der Waals surface area contributed by atoms with Crippen molar-refractivity contribution in [1.29, 1.82) is 0 Å². The Labute approximate surface area is 112 Å². The van der Waals surface area contributed by atoms with E-state index in [1.165, 1.54) is 7.11 Å². The van der Waals surface area contributed by atoms with Crippen molar-refractivity contribution >= 4 is 33.2 Å². The molecule has 5 heteroatoms. The molecule has 1 aromatic carbocycles. The smallest absolute Gasteiger partial charge is 0.337 e. The molecule has 1 aromatic heterocycles. The Bertz CT molecular complexity index is 539. The van der Waals surface area contributed by atoms with Gasteiger partial charge in [0.15, 0.2) is 0 Å². The molecule has 0 aliphatic heterocycles. The van der Waals surface area contributed by atoms with Gasteiger partial charge >= 0.3 is 5.97 Å². The second-order valence-corrected chi connectivity index (χ2v) is 4.83. The third kappa shape index (κ3) is 2.56. The lowest BCUT2D eigenvalue weighted by Gasteiger charge is -2.03. The highest BCUT2D eigenvalue weighted by Gasteiger charge is 2.11. The molecule has 0 saturated carbocycles. The molecule has 0 spiro atoms. The van der Waals surface area contributed by atoms with E-state index in [4.69, 9.17) is 4.74 Å². The summed E-state index contributed by atoms with van der Waals surface area (Å²) in [5.41, 5.74) is 4.19. The molecule has 1 heterocycles. The summed E-state index contributed by atoms with van der Waals surface area (Å²) >= 11 is 5.01. The summed E-state index contributed by atoms with van der Waals surface area (Å²) in [7, 11) is 1.38. The minimum Gasteiger partial charge on any atom is -0.465 e. The highest BCUT2D eigenvalue weighted by atomic mass is 79.9. The van der Waals surface area contributed by atoms with Gasteiger partial charge in [0.25, 0.3) is 0 Å². The molecule has 0 aliphatic rings. The maximum Gasteiger partial charge on any atom is 0.337 e. The lowest BCUT2D eigenvalue weighted by Crippen LogP contribution is -2.00. The Kier molecular flexibility index (Phi) is 3.91. The fourth-order valence-corrected chi connectivity index (χ4v) is 2.80. The van der Waals surface area contributed by atoms with Gasteiger partial charge in [-0.05, 0) is 12.1 Å². The van der Waals surface area contributed by atoms with Gasteiger partial charge in [-0.3, -0.25) is 0 Å². The molecule has 2 rings (SSSR count). The van der Waals surface area contributed by atoms with Crippen LogP contribution in [0.5, 0.6) is 0 Å². The van der Waals surface area contributed by atoms with Gasteiger partial charge in [0.1, 0.15) is 0 Å². The van der Waals surface area contributed by atoms with Crippen LogP contribution < -0.4 is 0 Å². The molecule has 17 heavy (non-hydrogen) atoms. The first-order valence-electron chi connectivity index (χ1n) is 4.93. The van der Waals surface area contributed by atoms with Gasteiger partial charge in [0.2, 0.25) is 0 Å². The van der Waals surface area contributed by atoms with Gasteiger partial charge in [0, 0.05) is 15.8 Å². The molecule has 2 aromatic rings. The third-order valence-corrected chi connectivity index (χ3v) is 4.08. The lowest BCUT2D eigenvalue weighted by molar-refractivity contribution is 0.0601. The topological polar surface area (TPSA) is 39.2 Å². The first kappa shape index (κ1) is 12.3. The van der Waals surface area contributed by atoms with E-state index in [0.29, 0.717) is 5.56 Å². The van der Waals surface area contributed by atoms with Gasteiger partial charge in [0.05, 0.1) is 23.9 Å². The standard InChI is InChI=1S/C12H10BrNO2S/c1-16-12(15)9-4-2-3-8(5-9)11-10(6-13)17-7-14-11/h2-5,7H,6H2,1H3. The van der Waals surface area contributed by atoms with Crippen molar-refractivity contribution in [2.75, 3.05) is 7.11 Å². The highest BCUT2D eigenvalue weighted by Crippen LogP contribution is 2.27. The molecule has 0 amide bonds. The van der Waals surface area contributed by atoms with Crippen molar-refractivity contribution in [1.82, 2.24) is 4.98 Å². The van der Waals surface area contributed by atoms with E-state index in [2.05, 4.69) is 20.9 Å². The van der Waals surface area contributed by atoms with Gasteiger partial charge in [-0.1, -0.05) is 28.1 Å². The molecule has 0 radical (unpaired) electrons. The number of esters is 1. The zero-order valence-corrected chi connectivity index (χ0v) is 11.5. The summed E-state index contributed by atoms with van der Waals surface area (Å²) < 4.78 is 4.70. The molecule has 0 unspecified atom stereocenters. The molecule has 3 nitrogen and oxygen atoms in total. The Morgan fingerprint density at radius 3 is 3.06 bits per heavy atom. The molecule has 0 atom stereocenters. The Morgan fingerprint density at radius 1 is 1.53 bits per heavy atom. The fourth-order valence-electron chi connectivity index (χ4n) is 1.51. The van der Waals surface area contributed by atoms with E-state index in [9.17, 15) is 4.79 Å². The second kappa shape index (κ2) is 5.42. The second-order valence-electron chi connectivity index (χ2n) is 3.33. The van der Waals surface area contributed by atoms with Crippen molar-refractivity contribution < 1.29 is 9.53 Å². The SMILES string of the molecule is COC(=O)c1cccc(-c2ncsc2CBr)c1. The molecular weight excluding hydrogens is 302 g/mol. The first-order valence-corrected chi connectivity index (χ1v) is 6.93. The van der Waals surface area contributed by atoms with Crippen molar-refractivity contribution in [3.63, 3.8) is 0 Å². The summed E-state index contributed by atoms with van der Waals surface area (Å²) in [4.78, 5) is 16.9. The van der Waals surface area contributed by atoms with E-state index in [0.717, 1.165) is 21.5 Å². The summed E-state index contributed by atoms with van der Waals surface area (Å²) in [5, 5.41) is 0.759. The third-order valence-electron chi connectivity index (χ3n) is 2.32. The Hall–Kier alpha value is -1.20. The number of alkyl halides is 1. The molecule has 0 bridgehead atoms. The predicted octanol–water partition coefficient (Wildman–Crippen LogP) is 3.49. The number of benzene rings is 1. The predicted molar refractivity (Wildman–Crippen MR) is 71.5 cm³/mol. The molecular formula is C12H10BrNO2S. The Morgan fingerprint density at radius 2 is 2.35 bits per heavy atom. The van der Waals surface area contributed by atoms with E-state index in [1.54, 1.807) is 29.0 Å². The summed E-state index contributed by atoms with van der Waals surface area (Å²) in [6.07, 6.45) is 0. The van der Waals surface area contributed by atoms with Gasteiger partial charge in [-0.15, -0.1) is 11.3 Å². The number of hydrogen-bond donors (Lipinski definition) is 0. The van der Waals surface area contributed by atoms with E-state index >= 15 is 0 Å². The maximum atomic E-state index is 11.4. The number of aromatic nitrogens is 1. The normalized spacial score (nSPS) is 10.2. The number of methoxy groups -OCH3 is 1. The minimum atomic E-state index is -0.331. The summed E-state index contributed by atoms with van der Waals surface area (Å²) in [6.45, 7) is 0. The number of carbonyl (C=O) groups excluding carboxylic acids is 1. The van der Waals surface area contributed by atoms with Crippen molar-refractivity contribution in [2.24, 2.45) is 0 Å². The van der Waals surface area contributed by atoms with Crippen LogP contribution in [0.1, 0.15) is 15.2 Å². The highest BCUT2D eigenvalue weighted by molar-refractivity contribution is 9.08. The average Bonchev–Trinajstić information content (AvgIpc) is 2.86. The number of thiazole rings is 1. The van der Waals surface area contributed by atoms with Crippen LogP contribution in [-0.4, -0.2) is 18.1 Å². The number of rotatable bonds is 3. The summed E-state index contributed by atoms with van der Waals surface area (Å²) in [6, 6.07) is 7.30. The largest absolute Gasteiger partial charge is 0.465 e. The number of carbonyl (C=O) groups is 1. The van der Waals surface area contributed by atoms with Gasteiger partial charge in [-0.25, -0.2) is 9.78 Å². The zero-order valence-electron chi connectivity index (χ0n) is 9.14. The van der Waals surface area contributed by atoms with Crippen LogP contribution in [0.15, 0.2) is 29.8 Å². The zero-order chi connectivity index (χ0) is 12.3. The number of hydrogen-bond acceptors (Lipinski definition) is 4. The van der Waals surface area contributed by atoms with Gasteiger partial charge < -0.3 is 4.74 Å². The first-order chi connectivity index (χ1) is 8.26. The van der Waals surface area contributed by atoms with Crippen molar-refractivity contribution in [3.8, 4) is 11.3 Å². The minimum absolute atomic E-state index is 0.331. The number of halogens is 1. The van der Waals surface area contributed by atoms with Crippen LogP contribution in [0, 0.1) is 0 Å². The average molecular weight is 312 g/mol. The van der Waals surface area contributed by atoms with Crippen LogP contribution in [0.2, 0.25) is 0 Å². The fraction of sp³-hybridized carbons (Fsp3) is 0.167. The molecule has 0 saturated heterocycles. The molecule has 88 valence electrons. The van der Waals surface area contributed by atoms with Crippen LogP contribution in [0.4, 0.5) is 0 Å². The molecule has 0 N–H and O–H groups in total. The summed E-state index contributed by atoms with van der Waals surface area (Å²) in [5.74, 6) is -0.331. The lowest BCUT2D eigenvalue weighted by atomic mass is 10.1. The van der Waals surface area contributed by atoms with E-state index in [1.807, 2.05) is 12.1 Å². The Balaban J connectivity index is 2.43. The van der Waals surface area contributed by atoms with Crippen molar-refractivity contribution in [2.45, 2.75) is 5.33 Å². The van der Waals surface area contributed by atoms with Gasteiger partial charge in [-0.2, -0.15) is 0 Å². The van der Waals surface area contributed by atoms with Crippen molar-refractivity contribution in [3.05, 3.63) is 40.2 Å². The maximum absolute atomic E-state index is 11.4. The van der Waals surface area contributed by atoms with Crippen LogP contribution >= 0.6 is 27.3 Å². The molecule has 0 fully saturated rings. The van der Waals surface area contributed by atoms with E-state index in [-0.39, 0.29) is 5.97 Å². The van der Waals surface area contributed by atoms with Crippen LogP contribution in [0.25, 0.3) is 11.3 Å². The van der Waals surface area contributed by atoms with E-state index < -0.39 is 0 Å². The monoisotopic (exact) mass is 311 g/mol.